The van der Waals surface area contributed by atoms with Crippen LogP contribution in [0.2, 0.25) is 0 Å². The van der Waals surface area contributed by atoms with E-state index in [1.165, 1.54) is 12.3 Å². The summed E-state index contributed by atoms with van der Waals surface area (Å²) in [4.78, 5) is 5.96. The number of halogens is 1. The summed E-state index contributed by atoms with van der Waals surface area (Å²) in [6, 6.07) is 1.80. The van der Waals surface area contributed by atoms with Crippen molar-refractivity contribution in [3.05, 3.63) is 29.8 Å². The number of amidine groups is 1. The number of nitrogens with one attached hydrogen (secondary N) is 1. The summed E-state index contributed by atoms with van der Waals surface area (Å²) in [7, 11) is 0. The van der Waals surface area contributed by atoms with Gasteiger partial charge in [0.2, 0.25) is 0 Å². The summed E-state index contributed by atoms with van der Waals surface area (Å²) < 4.78 is 13.0. The normalized spacial score (nSPS) is 11.1. The quantitative estimate of drug-likeness (QED) is 0.586. The summed E-state index contributed by atoms with van der Waals surface area (Å²) in [5.41, 5.74) is 6.18. The van der Waals surface area contributed by atoms with E-state index in [0.29, 0.717) is 25.6 Å². The van der Waals surface area contributed by atoms with E-state index in [1.54, 1.807) is 6.20 Å². The van der Waals surface area contributed by atoms with Crippen molar-refractivity contribution in [1.82, 2.24) is 9.88 Å². The maximum absolute atomic E-state index is 13.0. The molecule has 0 saturated heterocycles. The number of hydrogen-bond acceptors (Lipinski definition) is 3. The van der Waals surface area contributed by atoms with Crippen LogP contribution in [0.15, 0.2) is 18.5 Å². The molecular weight excluding hydrogens is 219 g/mol. The van der Waals surface area contributed by atoms with Gasteiger partial charge >= 0.3 is 0 Å². The number of rotatable bonds is 6. The molecule has 0 fully saturated rings. The SMILES string of the molecule is CC(C)N(CCC(=N)N)Cc1cncc(F)c1. The van der Waals surface area contributed by atoms with Gasteiger partial charge in [-0.15, -0.1) is 0 Å². The van der Waals surface area contributed by atoms with Gasteiger partial charge in [-0.25, -0.2) is 4.39 Å². The molecule has 1 aromatic heterocycles. The lowest BCUT2D eigenvalue weighted by Crippen LogP contribution is -2.33. The molecule has 1 aromatic rings. The van der Waals surface area contributed by atoms with Crippen LogP contribution >= 0.6 is 0 Å². The van der Waals surface area contributed by atoms with E-state index in [9.17, 15) is 4.39 Å². The first-order chi connectivity index (χ1) is 7.99. The van der Waals surface area contributed by atoms with E-state index in [4.69, 9.17) is 11.1 Å². The molecule has 0 bridgehead atoms. The Morgan fingerprint density at radius 1 is 1.53 bits per heavy atom. The Labute approximate surface area is 101 Å². The van der Waals surface area contributed by atoms with Crippen molar-refractivity contribution >= 4 is 5.84 Å². The Kier molecular flexibility index (Phi) is 5.03. The highest BCUT2D eigenvalue weighted by atomic mass is 19.1. The molecule has 3 N–H and O–H groups in total. The maximum atomic E-state index is 13.0. The third-order valence-electron chi connectivity index (χ3n) is 2.55. The van der Waals surface area contributed by atoms with Gasteiger partial charge in [-0.1, -0.05) is 0 Å². The van der Waals surface area contributed by atoms with E-state index < -0.39 is 0 Å². The first-order valence-corrected chi connectivity index (χ1v) is 5.65. The monoisotopic (exact) mass is 238 g/mol. The first-order valence-electron chi connectivity index (χ1n) is 5.65. The zero-order valence-electron chi connectivity index (χ0n) is 10.3. The van der Waals surface area contributed by atoms with Crippen molar-refractivity contribution in [2.24, 2.45) is 5.73 Å². The second-order valence-corrected chi connectivity index (χ2v) is 4.35. The minimum atomic E-state index is -0.322. The summed E-state index contributed by atoms with van der Waals surface area (Å²) in [5, 5.41) is 7.22. The molecule has 0 radical (unpaired) electrons. The minimum absolute atomic E-state index is 0.174. The average molecular weight is 238 g/mol. The van der Waals surface area contributed by atoms with Gasteiger partial charge < -0.3 is 5.73 Å². The average Bonchev–Trinajstić information content (AvgIpc) is 2.23. The van der Waals surface area contributed by atoms with Gasteiger partial charge in [0.1, 0.15) is 5.82 Å². The molecule has 0 saturated carbocycles. The maximum Gasteiger partial charge on any atom is 0.141 e. The predicted molar refractivity (Wildman–Crippen MR) is 66.3 cm³/mol. The fourth-order valence-electron chi connectivity index (χ4n) is 1.56. The number of nitrogens with zero attached hydrogens (tertiary/aromatic N) is 2. The molecule has 1 heterocycles. The highest BCUT2D eigenvalue weighted by Gasteiger charge is 2.11. The van der Waals surface area contributed by atoms with Crippen molar-refractivity contribution < 1.29 is 4.39 Å². The Morgan fingerprint density at radius 2 is 2.24 bits per heavy atom. The van der Waals surface area contributed by atoms with Crippen LogP contribution in [0, 0.1) is 11.2 Å². The van der Waals surface area contributed by atoms with Gasteiger partial charge in [0, 0.05) is 31.7 Å². The second-order valence-electron chi connectivity index (χ2n) is 4.35. The van der Waals surface area contributed by atoms with Gasteiger partial charge in [-0.2, -0.15) is 0 Å². The second kappa shape index (κ2) is 6.30. The van der Waals surface area contributed by atoms with Crippen molar-refractivity contribution in [2.45, 2.75) is 32.9 Å². The van der Waals surface area contributed by atoms with E-state index in [-0.39, 0.29) is 11.7 Å². The molecule has 17 heavy (non-hydrogen) atoms. The number of pyridine rings is 1. The summed E-state index contributed by atoms with van der Waals surface area (Å²) in [6.45, 7) is 5.44. The molecule has 1 rings (SSSR count). The van der Waals surface area contributed by atoms with Crippen LogP contribution in [0.1, 0.15) is 25.8 Å². The largest absolute Gasteiger partial charge is 0.388 e. The number of aromatic nitrogens is 1. The Bertz CT molecular complexity index is 379. The Hall–Kier alpha value is -1.49. The van der Waals surface area contributed by atoms with Crippen LogP contribution in [0.4, 0.5) is 4.39 Å². The van der Waals surface area contributed by atoms with E-state index >= 15 is 0 Å². The van der Waals surface area contributed by atoms with Gasteiger partial charge in [0.25, 0.3) is 0 Å². The first kappa shape index (κ1) is 13.6. The third kappa shape index (κ3) is 4.91. The molecule has 0 aliphatic rings. The molecule has 0 atom stereocenters. The molecule has 0 aromatic carbocycles. The summed E-state index contributed by atoms with van der Waals surface area (Å²) in [6.07, 6.45) is 3.38. The zero-order chi connectivity index (χ0) is 12.8. The Balaban J connectivity index is 2.63. The topological polar surface area (TPSA) is 66.0 Å². The van der Waals surface area contributed by atoms with Crippen LogP contribution < -0.4 is 5.73 Å². The lowest BCUT2D eigenvalue weighted by atomic mass is 10.2. The standard InChI is InChI=1S/C12H19FN4/c1-9(2)17(4-3-12(14)15)8-10-5-11(13)7-16-6-10/h5-7,9H,3-4,8H2,1-2H3,(H3,14,15). The molecule has 0 spiro atoms. The predicted octanol–water partition coefficient (Wildman–Crippen LogP) is 1.76. The third-order valence-corrected chi connectivity index (χ3v) is 2.55. The molecule has 4 nitrogen and oxygen atoms in total. The van der Waals surface area contributed by atoms with Crippen molar-refractivity contribution in [3.8, 4) is 0 Å². The molecule has 0 aliphatic heterocycles. The van der Waals surface area contributed by atoms with Crippen molar-refractivity contribution in [2.75, 3.05) is 6.54 Å². The molecule has 0 unspecified atom stereocenters. The molecule has 94 valence electrons. The van der Waals surface area contributed by atoms with Gasteiger partial charge in [0.05, 0.1) is 12.0 Å². The van der Waals surface area contributed by atoms with Crippen LogP contribution in [-0.2, 0) is 6.54 Å². The minimum Gasteiger partial charge on any atom is -0.388 e. The van der Waals surface area contributed by atoms with Crippen LogP contribution in [0.3, 0.4) is 0 Å². The van der Waals surface area contributed by atoms with Gasteiger partial charge in [0.15, 0.2) is 0 Å². The lowest BCUT2D eigenvalue weighted by Gasteiger charge is -2.26. The molecular formula is C12H19FN4. The number of nitrogens with two attached hydrogens (primary N) is 1. The fraction of sp³-hybridized carbons (Fsp3) is 0.500. The van der Waals surface area contributed by atoms with Crippen LogP contribution in [0.5, 0.6) is 0 Å². The highest BCUT2D eigenvalue weighted by Crippen LogP contribution is 2.09. The van der Waals surface area contributed by atoms with E-state index in [2.05, 4.69) is 23.7 Å². The molecule has 0 amide bonds. The van der Waals surface area contributed by atoms with E-state index in [0.717, 1.165) is 5.56 Å². The molecule has 0 aliphatic carbocycles. The summed E-state index contributed by atoms with van der Waals surface area (Å²) in [5.74, 6) is -0.147. The van der Waals surface area contributed by atoms with Crippen LogP contribution in [0.25, 0.3) is 0 Å². The Morgan fingerprint density at radius 3 is 2.76 bits per heavy atom. The van der Waals surface area contributed by atoms with E-state index in [1.807, 2.05) is 0 Å². The highest BCUT2D eigenvalue weighted by molar-refractivity contribution is 5.76. The zero-order valence-corrected chi connectivity index (χ0v) is 10.3. The summed E-state index contributed by atoms with van der Waals surface area (Å²) >= 11 is 0. The van der Waals surface area contributed by atoms with Gasteiger partial charge in [-0.05, 0) is 25.5 Å². The van der Waals surface area contributed by atoms with Crippen LogP contribution in [-0.4, -0.2) is 28.3 Å². The van der Waals surface area contributed by atoms with Crippen molar-refractivity contribution in [3.63, 3.8) is 0 Å². The lowest BCUT2D eigenvalue weighted by molar-refractivity contribution is 0.218. The number of hydrogen-bond donors (Lipinski definition) is 2. The van der Waals surface area contributed by atoms with Gasteiger partial charge in [-0.3, -0.25) is 15.3 Å². The smallest absolute Gasteiger partial charge is 0.141 e. The van der Waals surface area contributed by atoms with Crippen molar-refractivity contribution in [1.29, 1.82) is 5.41 Å². The fourth-order valence-corrected chi connectivity index (χ4v) is 1.56. The molecule has 5 heteroatoms.